The smallest absolute Gasteiger partial charge is 0.244 e. The van der Waals surface area contributed by atoms with Gasteiger partial charge in [-0.15, -0.1) is 11.3 Å². The number of sulfonamides is 1. The highest BCUT2D eigenvalue weighted by molar-refractivity contribution is 7.89. The molecular formula is C17H26N2O3S2. The van der Waals surface area contributed by atoms with E-state index < -0.39 is 10.0 Å². The summed E-state index contributed by atoms with van der Waals surface area (Å²) in [5, 5.41) is 0. The number of fused-ring (bicyclic) bond motifs is 1. The second kappa shape index (κ2) is 5.51. The summed E-state index contributed by atoms with van der Waals surface area (Å²) >= 11 is 1.55. The van der Waals surface area contributed by atoms with E-state index >= 15 is 0 Å². The molecule has 1 aromatic heterocycles. The number of aryl methyl sites for hydroxylation is 2. The minimum absolute atomic E-state index is 0.239. The Hall–Kier alpha value is -0.470. The van der Waals surface area contributed by atoms with Gasteiger partial charge in [-0.2, -0.15) is 4.31 Å². The lowest BCUT2D eigenvalue weighted by Crippen LogP contribution is -2.40. The van der Waals surface area contributed by atoms with Gasteiger partial charge in [0, 0.05) is 41.2 Å². The van der Waals surface area contributed by atoms with Crippen molar-refractivity contribution in [2.75, 3.05) is 33.7 Å². The molecule has 3 saturated heterocycles. The fourth-order valence-electron chi connectivity index (χ4n) is 5.00. The van der Waals surface area contributed by atoms with Crippen LogP contribution in [0.25, 0.3) is 0 Å². The Balaban J connectivity index is 1.63. The topological polar surface area (TPSA) is 49.9 Å². The Morgan fingerprint density at radius 3 is 2.79 bits per heavy atom. The zero-order valence-corrected chi connectivity index (χ0v) is 16.4. The summed E-state index contributed by atoms with van der Waals surface area (Å²) in [5.41, 5.74) is -0.239. The van der Waals surface area contributed by atoms with Gasteiger partial charge < -0.3 is 9.64 Å². The minimum Gasteiger partial charge on any atom is -0.370 e. The number of ether oxygens (including phenoxy) is 1. The van der Waals surface area contributed by atoms with E-state index in [1.807, 2.05) is 19.9 Å². The van der Waals surface area contributed by atoms with E-state index in [1.54, 1.807) is 15.6 Å². The second-order valence-corrected chi connectivity index (χ2v) is 11.2. The highest BCUT2D eigenvalue weighted by Gasteiger charge is 2.64. The van der Waals surface area contributed by atoms with Gasteiger partial charge in [0.25, 0.3) is 0 Å². The normalized spacial score (nSPS) is 36.0. The highest BCUT2D eigenvalue weighted by Crippen LogP contribution is 2.55. The first-order valence-electron chi connectivity index (χ1n) is 8.63. The zero-order valence-electron chi connectivity index (χ0n) is 14.8. The molecule has 1 spiro atoms. The van der Waals surface area contributed by atoms with Gasteiger partial charge in [-0.3, -0.25) is 0 Å². The maximum Gasteiger partial charge on any atom is 0.244 e. The summed E-state index contributed by atoms with van der Waals surface area (Å²) in [6.07, 6.45) is 2.38. The van der Waals surface area contributed by atoms with Crippen LogP contribution in [0.5, 0.6) is 0 Å². The molecule has 4 rings (SSSR count). The van der Waals surface area contributed by atoms with Crippen LogP contribution in [0, 0.1) is 25.7 Å². The maximum atomic E-state index is 13.2. The first-order chi connectivity index (χ1) is 11.2. The largest absolute Gasteiger partial charge is 0.370 e. The molecule has 24 heavy (non-hydrogen) atoms. The van der Waals surface area contributed by atoms with Crippen molar-refractivity contribution in [2.24, 2.45) is 11.8 Å². The van der Waals surface area contributed by atoms with Crippen molar-refractivity contribution in [1.29, 1.82) is 0 Å². The van der Waals surface area contributed by atoms with Crippen LogP contribution in [0.1, 0.15) is 22.6 Å². The molecule has 134 valence electrons. The fraction of sp³-hybridized carbons (Fsp3) is 0.765. The predicted molar refractivity (Wildman–Crippen MR) is 94.9 cm³/mol. The average molecular weight is 371 g/mol. The number of thiophene rings is 1. The Morgan fingerprint density at radius 1 is 1.42 bits per heavy atom. The molecule has 0 radical (unpaired) electrons. The van der Waals surface area contributed by atoms with E-state index in [2.05, 4.69) is 19.0 Å². The molecule has 0 aliphatic carbocycles. The highest BCUT2D eigenvalue weighted by atomic mass is 32.2. The zero-order chi connectivity index (χ0) is 17.3. The first-order valence-corrected chi connectivity index (χ1v) is 10.9. The number of rotatable bonds is 4. The first kappa shape index (κ1) is 17.0. The number of nitrogens with zero attached hydrogens (tertiary/aromatic N) is 2. The summed E-state index contributed by atoms with van der Waals surface area (Å²) < 4.78 is 34.4. The SMILES string of the molecule is Cc1cc(S(=O)(=O)N2C[C@@H]3[C@H](CN(C)C)[C@H]4CC[C@]3(C2)O4)c(C)s1. The molecule has 0 unspecified atom stereocenters. The average Bonchev–Trinajstić information content (AvgIpc) is 3.19. The van der Waals surface area contributed by atoms with E-state index in [4.69, 9.17) is 4.74 Å². The third kappa shape index (κ3) is 2.40. The van der Waals surface area contributed by atoms with Crippen molar-refractivity contribution in [1.82, 2.24) is 9.21 Å². The Kier molecular flexibility index (Phi) is 3.90. The molecule has 1 aromatic rings. The molecule has 4 heterocycles. The van der Waals surface area contributed by atoms with Gasteiger partial charge in [-0.05, 0) is 46.9 Å². The van der Waals surface area contributed by atoms with Crippen LogP contribution in [0.4, 0.5) is 0 Å². The van der Waals surface area contributed by atoms with Gasteiger partial charge >= 0.3 is 0 Å². The lowest BCUT2D eigenvalue weighted by molar-refractivity contribution is 0.00739. The Bertz CT molecular complexity index is 758. The van der Waals surface area contributed by atoms with Crippen LogP contribution in [0.2, 0.25) is 0 Å². The van der Waals surface area contributed by atoms with Crippen molar-refractivity contribution in [3.05, 3.63) is 15.8 Å². The summed E-state index contributed by atoms with van der Waals surface area (Å²) in [6.45, 7) is 5.96. The number of hydrogen-bond acceptors (Lipinski definition) is 5. The van der Waals surface area contributed by atoms with Gasteiger partial charge in [0.15, 0.2) is 0 Å². The van der Waals surface area contributed by atoms with Crippen molar-refractivity contribution in [3.8, 4) is 0 Å². The molecule has 0 N–H and O–H groups in total. The fourth-order valence-corrected chi connectivity index (χ4v) is 8.05. The standard InChI is InChI=1S/C17H26N2O3S2/c1-11-7-16(12(2)23-11)24(20,21)19-9-14-13(8-18(3)4)15-5-6-17(14,10-19)22-15/h7,13-15H,5-6,8-10H2,1-4H3/t13-,14+,15+,17+/m0/s1. The predicted octanol–water partition coefficient (Wildman–Crippen LogP) is 2.09. The van der Waals surface area contributed by atoms with E-state index in [-0.39, 0.29) is 5.60 Å². The van der Waals surface area contributed by atoms with Crippen LogP contribution in [0.15, 0.2) is 11.0 Å². The quantitative estimate of drug-likeness (QED) is 0.814. The monoisotopic (exact) mass is 370 g/mol. The van der Waals surface area contributed by atoms with Crippen molar-refractivity contribution in [2.45, 2.75) is 43.3 Å². The third-order valence-electron chi connectivity index (χ3n) is 5.94. The van der Waals surface area contributed by atoms with Gasteiger partial charge in [-0.25, -0.2) is 8.42 Å². The van der Waals surface area contributed by atoms with Crippen LogP contribution in [0.3, 0.4) is 0 Å². The van der Waals surface area contributed by atoms with E-state index in [1.165, 1.54) is 0 Å². The molecule has 3 aliphatic rings. The lowest BCUT2D eigenvalue weighted by Gasteiger charge is -2.31. The molecule has 0 aromatic carbocycles. The molecule has 3 aliphatic heterocycles. The van der Waals surface area contributed by atoms with Crippen molar-refractivity contribution < 1.29 is 13.2 Å². The van der Waals surface area contributed by atoms with Crippen molar-refractivity contribution >= 4 is 21.4 Å². The molecule has 3 fully saturated rings. The number of hydrogen-bond donors (Lipinski definition) is 0. The summed E-state index contributed by atoms with van der Waals surface area (Å²) in [7, 11) is 0.744. The van der Waals surface area contributed by atoms with E-state index in [9.17, 15) is 8.42 Å². The molecule has 4 atom stereocenters. The summed E-state index contributed by atoms with van der Waals surface area (Å²) in [5.74, 6) is 0.771. The van der Waals surface area contributed by atoms with Crippen LogP contribution in [-0.4, -0.2) is 63.1 Å². The van der Waals surface area contributed by atoms with E-state index in [0.717, 1.165) is 29.1 Å². The second-order valence-electron chi connectivity index (χ2n) is 7.87. The lowest BCUT2D eigenvalue weighted by atomic mass is 9.73. The molecule has 2 bridgehead atoms. The van der Waals surface area contributed by atoms with Crippen LogP contribution in [-0.2, 0) is 14.8 Å². The Labute approximate surface area is 148 Å². The molecular weight excluding hydrogens is 344 g/mol. The Morgan fingerprint density at radius 2 is 2.17 bits per heavy atom. The minimum atomic E-state index is -3.42. The summed E-state index contributed by atoms with van der Waals surface area (Å²) in [4.78, 5) is 4.62. The van der Waals surface area contributed by atoms with Gasteiger partial charge in [0.1, 0.15) is 0 Å². The van der Waals surface area contributed by atoms with E-state index in [0.29, 0.717) is 35.9 Å². The van der Waals surface area contributed by atoms with Crippen LogP contribution >= 0.6 is 11.3 Å². The molecule has 0 amide bonds. The molecule has 0 saturated carbocycles. The summed E-state index contributed by atoms with van der Waals surface area (Å²) in [6, 6.07) is 1.82. The maximum absolute atomic E-state index is 13.2. The van der Waals surface area contributed by atoms with Gasteiger partial charge in [0.2, 0.25) is 10.0 Å². The van der Waals surface area contributed by atoms with Crippen LogP contribution < -0.4 is 0 Å². The van der Waals surface area contributed by atoms with Crippen molar-refractivity contribution in [3.63, 3.8) is 0 Å². The third-order valence-corrected chi connectivity index (χ3v) is 8.97. The van der Waals surface area contributed by atoms with Gasteiger partial charge in [0.05, 0.1) is 16.6 Å². The molecule has 7 heteroatoms. The van der Waals surface area contributed by atoms with Gasteiger partial charge in [-0.1, -0.05) is 0 Å². The molecule has 5 nitrogen and oxygen atoms in total.